The van der Waals surface area contributed by atoms with Crippen LogP contribution in [0.5, 0.6) is 11.5 Å². The maximum Gasteiger partial charge on any atom is 0.189 e. The minimum absolute atomic E-state index is 0.284. The molecule has 2 aromatic rings. The first kappa shape index (κ1) is 18.1. The van der Waals surface area contributed by atoms with Crippen molar-refractivity contribution in [1.29, 1.82) is 0 Å². The van der Waals surface area contributed by atoms with Crippen molar-refractivity contribution >= 4 is 22.6 Å². The summed E-state index contributed by atoms with van der Waals surface area (Å²) in [5.74, 6) is 1.78. The molecule has 23 heavy (non-hydrogen) atoms. The molecule has 0 bridgehead atoms. The van der Waals surface area contributed by atoms with E-state index < -0.39 is 0 Å². The van der Waals surface area contributed by atoms with E-state index in [1.807, 2.05) is 19.9 Å². The van der Waals surface area contributed by atoms with Crippen LogP contribution in [-0.4, -0.2) is 13.4 Å². The van der Waals surface area contributed by atoms with Crippen LogP contribution in [0, 0.1) is 24.3 Å². The van der Waals surface area contributed by atoms with Crippen LogP contribution in [0.3, 0.4) is 0 Å². The first-order valence-corrected chi connectivity index (χ1v) is 8.78. The minimum Gasteiger partial charge on any atom is -0.489 e. The summed E-state index contributed by atoms with van der Waals surface area (Å²) in [6.45, 7) is 9.68. The molecule has 2 aromatic carbocycles. The van der Waals surface area contributed by atoms with Crippen LogP contribution >= 0.6 is 22.6 Å². The number of benzene rings is 2. The molecule has 3 nitrogen and oxygen atoms in total. The monoisotopic (exact) mass is 426 g/mol. The first-order chi connectivity index (χ1) is 11.0. The Labute approximate surface area is 152 Å². The standard InChI is InChI=1S/C19H23IO3/c1-5-21-12-23-19-15(4)8-16(10-18(19)20)11-22-17-7-6-13(2)14(3)9-17/h6-10H,5,11-12H2,1-4H3. The van der Waals surface area contributed by atoms with Gasteiger partial charge in [-0.25, -0.2) is 0 Å². The van der Waals surface area contributed by atoms with E-state index in [0.29, 0.717) is 13.2 Å². The topological polar surface area (TPSA) is 27.7 Å². The lowest BCUT2D eigenvalue weighted by atomic mass is 10.1. The third-order valence-electron chi connectivity index (χ3n) is 3.66. The Hall–Kier alpha value is -1.27. The zero-order valence-electron chi connectivity index (χ0n) is 14.1. The average Bonchev–Trinajstić information content (AvgIpc) is 2.51. The molecule has 2 rings (SSSR count). The van der Waals surface area contributed by atoms with Crippen LogP contribution in [0.15, 0.2) is 30.3 Å². The Morgan fingerprint density at radius 2 is 1.70 bits per heavy atom. The van der Waals surface area contributed by atoms with E-state index in [2.05, 4.69) is 60.7 Å². The largest absolute Gasteiger partial charge is 0.489 e. The Morgan fingerprint density at radius 3 is 2.35 bits per heavy atom. The quantitative estimate of drug-likeness (QED) is 0.348. The van der Waals surface area contributed by atoms with Crippen molar-refractivity contribution < 1.29 is 14.2 Å². The predicted octanol–water partition coefficient (Wildman–Crippen LogP) is 5.17. The second-order valence-electron chi connectivity index (χ2n) is 5.51. The van der Waals surface area contributed by atoms with E-state index in [1.165, 1.54) is 11.1 Å². The molecule has 0 unspecified atom stereocenters. The molecule has 4 heteroatoms. The second-order valence-corrected chi connectivity index (χ2v) is 6.68. The summed E-state index contributed by atoms with van der Waals surface area (Å²) >= 11 is 2.29. The Kier molecular flexibility index (Phi) is 6.72. The second kappa shape index (κ2) is 8.55. The molecular formula is C19H23IO3. The van der Waals surface area contributed by atoms with Crippen LogP contribution in [0.1, 0.15) is 29.2 Å². The number of hydrogen-bond donors (Lipinski definition) is 0. The number of halogens is 1. The fourth-order valence-corrected chi connectivity index (χ4v) is 3.20. The zero-order valence-corrected chi connectivity index (χ0v) is 16.3. The number of aryl methyl sites for hydroxylation is 3. The summed E-state index contributed by atoms with van der Waals surface area (Å²) in [5.41, 5.74) is 4.75. The molecule has 0 aliphatic heterocycles. The maximum atomic E-state index is 5.91. The van der Waals surface area contributed by atoms with E-state index in [-0.39, 0.29) is 6.79 Å². The first-order valence-electron chi connectivity index (χ1n) is 7.71. The molecule has 0 heterocycles. The van der Waals surface area contributed by atoms with Gasteiger partial charge in [-0.3, -0.25) is 0 Å². The van der Waals surface area contributed by atoms with Gasteiger partial charge in [0.2, 0.25) is 0 Å². The number of ether oxygens (including phenoxy) is 3. The lowest BCUT2D eigenvalue weighted by Gasteiger charge is -2.14. The highest BCUT2D eigenvalue weighted by atomic mass is 127. The summed E-state index contributed by atoms with van der Waals surface area (Å²) in [6, 6.07) is 10.4. The van der Waals surface area contributed by atoms with Crippen LogP contribution in [0.25, 0.3) is 0 Å². The molecule has 124 valence electrons. The van der Waals surface area contributed by atoms with Crippen LogP contribution < -0.4 is 9.47 Å². The van der Waals surface area contributed by atoms with Crippen molar-refractivity contribution in [2.45, 2.75) is 34.3 Å². The smallest absolute Gasteiger partial charge is 0.189 e. The highest BCUT2D eigenvalue weighted by Gasteiger charge is 2.08. The van der Waals surface area contributed by atoms with E-state index >= 15 is 0 Å². The molecule has 0 radical (unpaired) electrons. The van der Waals surface area contributed by atoms with Gasteiger partial charge in [-0.15, -0.1) is 0 Å². The summed E-state index contributed by atoms with van der Waals surface area (Å²) in [6.07, 6.45) is 0. The van der Waals surface area contributed by atoms with Crippen LogP contribution in [0.4, 0.5) is 0 Å². The Morgan fingerprint density at radius 1 is 0.913 bits per heavy atom. The molecule has 0 N–H and O–H groups in total. The van der Waals surface area contributed by atoms with Crippen LogP contribution in [0.2, 0.25) is 0 Å². The van der Waals surface area contributed by atoms with E-state index in [9.17, 15) is 0 Å². The van der Waals surface area contributed by atoms with Crippen molar-refractivity contribution in [3.63, 3.8) is 0 Å². The molecule has 0 fully saturated rings. The average molecular weight is 426 g/mol. The third-order valence-corrected chi connectivity index (χ3v) is 4.46. The molecule has 0 aliphatic rings. The Balaban J connectivity index is 2.04. The van der Waals surface area contributed by atoms with Crippen molar-refractivity contribution in [3.05, 3.63) is 56.2 Å². The van der Waals surface area contributed by atoms with E-state index in [1.54, 1.807) is 0 Å². The Bertz CT molecular complexity index is 645. The van der Waals surface area contributed by atoms with Gasteiger partial charge < -0.3 is 14.2 Å². The van der Waals surface area contributed by atoms with Crippen LogP contribution in [-0.2, 0) is 11.3 Å². The minimum atomic E-state index is 0.284. The van der Waals surface area contributed by atoms with Crippen molar-refractivity contribution in [2.24, 2.45) is 0 Å². The molecule has 0 saturated carbocycles. The van der Waals surface area contributed by atoms with Gasteiger partial charge >= 0.3 is 0 Å². The molecule has 0 saturated heterocycles. The molecule has 0 aromatic heterocycles. The molecule has 0 aliphatic carbocycles. The zero-order chi connectivity index (χ0) is 16.8. The van der Waals surface area contributed by atoms with Gasteiger partial charge in [-0.1, -0.05) is 6.07 Å². The fraction of sp³-hybridized carbons (Fsp3) is 0.368. The summed E-state index contributed by atoms with van der Waals surface area (Å²) < 4.78 is 17.9. The number of rotatable bonds is 7. The van der Waals surface area contributed by atoms with E-state index in [4.69, 9.17) is 14.2 Å². The summed E-state index contributed by atoms with van der Waals surface area (Å²) in [4.78, 5) is 0. The van der Waals surface area contributed by atoms with Gasteiger partial charge in [-0.2, -0.15) is 0 Å². The third kappa shape index (κ3) is 5.11. The lowest BCUT2D eigenvalue weighted by Crippen LogP contribution is -2.05. The lowest BCUT2D eigenvalue weighted by molar-refractivity contribution is 0.0214. The molecule has 0 atom stereocenters. The highest BCUT2D eigenvalue weighted by Crippen LogP contribution is 2.28. The van der Waals surface area contributed by atoms with Gasteiger partial charge in [0.25, 0.3) is 0 Å². The fourth-order valence-electron chi connectivity index (χ4n) is 2.22. The van der Waals surface area contributed by atoms with Gasteiger partial charge in [0.1, 0.15) is 18.1 Å². The summed E-state index contributed by atoms with van der Waals surface area (Å²) in [7, 11) is 0. The van der Waals surface area contributed by atoms with Gasteiger partial charge in [0.15, 0.2) is 6.79 Å². The van der Waals surface area contributed by atoms with Gasteiger partial charge in [-0.05, 0) is 96.8 Å². The number of hydrogen-bond acceptors (Lipinski definition) is 3. The highest BCUT2D eigenvalue weighted by molar-refractivity contribution is 14.1. The molecular weight excluding hydrogens is 403 g/mol. The summed E-state index contributed by atoms with van der Waals surface area (Å²) in [5, 5.41) is 0. The SMILES string of the molecule is CCOCOc1c(C)cc(COc2ccc(C)c(C)c2)cc1I. The van der Waals surface area contributed by atoms with E-state index in [0.717, 1.165) is 26.2 Å². The van der Waals surface area contributed by atoms with Crippen molar-refractivity contribution in [3.8, 4) is 11.5 Å². The molecule has 0 spiro atoms. The molecule has 0 amide bonds. The van der Waals surface area contributed by atoms with Crippen molar-refractivity contribution in [1.82, 2.24) is 0 Å². The maximum absolute atomic E-state index is 5.91. The normalized spacial score (nSPS) is 10.7. The van der Waals surface area contributed by atoms with Crippen molar-refractivity contribution in [2.75, 3.05) is 13.4 Å². The van der Waals surface area contributed by atoms with Gasteiger partial charge in [0.05, 0.1) is 3.57 Å². The van der Waals surface area contributed by atoms with Gasteiger partial charge in [0, 0.05) is 6.61 Å². The predicted molar refractivity (Wildman–Crippen MR) is 101 cm³/mol.